The Morgan fingerprint density at radius 2 is 1.80 bits per heavy atom. The molecule has 1 amide bonds. The normalized spacial score (nSPS) is 12.3. The van der Waals surface area contributed by atoms with E-state index in [0.717, 1.165) is 11.3 Å². The Kier molecular flexibility index (Phi) is 5.86. The number of benzene rings is 1. The molecule has 0 heterocycles. The standard InChI is InChI=1S/C15H25NO2SSi/c1-15(2,3)20(4,5)18-10-12-6-8-13(9-7-12)16-14(17)11-19/h6-9,19H,10-11H2,1-5H3,(H,16,17). The van der Waals surface area contributed by atoms with Crippen LogP contribution in [0.1, 0.15) is 26.3 Å². The van der Waals surface area contributed by atoms with E-state index in [1.54, 1.807) is 0 Å². The lowest BCUT2D eigenvalue weighted by atomic mass is 10.2. The molecule has 0 spiro atoms. The molecule has 1 rings (SSSR count). The van der Waals surface area contributed by atoms with Crippen LogP contribution in [0.2, 0.25) is 18.1 Å². The van der Waals surface area contributed by atoms with Crippen LogP contribution in [0.25, 0.3) is 0 Å². The Labute approximate surface area is 128 Å². The van der Waals surface area contributed by atoms with Crippen LogP contribution in [0, 0.1) is 0 Å². The van der Waals surface area contributed by atoms with Gasteiger partial charge in [-0.25, -0.2) is 0 Å². The quantitative estimate of drug-likeness (QED) is 0.635. The van der Waals surface area contributed by atoms with Crippen molar-refractivity contribution in [1.82, 2.24) is 0 Å². The van der Waals surface area contributed by atoms with Crippen LogP contribution in [0.4, 0.5) is 5.69 Å². The third-order valence-electron chi connectivity index (χ3n) is 3.79. The lowest BCUT2D eigenvalue weighted by Crippen LogP contribution is -2.40. The highest BCUT2D eigenvalue weighted by Crippen LogP contribution is 2.37. The minimum Gasteiger partial charge on any atom is -0.413 e. The van der Waals surface area contributed by atoms with Gasteiger partial charge >= 0.3 is 0 Å². The van der Waals surface area contributed by atoms with Crippen molar-refractivity contribution >= 4 is 32.5 Å². The summed E-state index contributed by atoms with van der Waals surface area (Å²) in [6.45, 7) is 11.8. The van der Waals surface area contributed by atoms with E-state index in [2.05, 4.69) is 51.8 Å². The van der Waals surface area contributed by atoms with Crippen LogP contribution < -0.4 is 5.32 Å². The Bertz CT molecular complexity index is 452. The molecule has 3 nitrogen and oxygen atoms in total. The van der Waals surface area contributed by atoms with Crippen molar-refractivity contribution in [3.05, 3.63) is 29.8 Å². The number of anilines is 1. The molecule has 0 unspecified atom stereocenters. The van der Waals surface area contributed by atoms with Crippen molar-refractivity contribution in [2.75, 3.05) is 11.1 Å². The van der Waals surface area contributed by atoms with Gasteiger partial charge in [-0.1, -0.05) is 32.9 Å². The Morgan fingerprint density at radius 1 is 1.25 bits per heavy atom. The molecule has 0 saturated heterocycles. The molecule has 0 aliphatic rings. The third kappa shape index (κ3) is 4.96. The average Bonchev–Trinajstić information content (AvgIpc) is 2.36. The summed E-state index contributed by atoms with van der Waals surface area (Å²) in [6.07, 6.45) is 0. The van der Waals surface area contributed by atoms with Gasteiger partial charge in [0.15, 0.2) is 8.32 Å². The Hall–Kier alpha value is -0.783. The summed E-state index contributed by atoms with van der Waals surface area (Å²) in [7, 11) is -1.71. The summed E-state index contributed by atoms with van der Waals surface area (Å²) in [4.78, 5) is 11.2. The topological polar surface area (TPSA) is 38.3 Å². The summed E-state index contributed by atoms with van der Waals surface area (Å²) in [6, 6.07) is 7.76. The number of carbonyl (C=O) groups excluding carboxylic acids is 1. The van der Waals surface area contributed by atoms with Gasteiger partial charge in [-0.3, -0.25) is 4.79 Å². The fourth-order valence-corrected chi connectivity index (χ4v) is 2.40. The number of carbonyl (C=O) groups is 1. The highest BCUT2D eigenvalue weighted by molar-refractivity contribution is 7.81. The summed E-state index contributed by atoms with van der Waals surface area (Å²) in [5.74, 6) is 0.0922. The van der Waals surface area contributed by atoms with Crippen molar-refractivity contribution in [3.63, 3.8) is 0 Å². The second-order valence-electron chi connectivity index (χ2n) is 6.45. The predicted octanol–water partition coefficient (Wildman–Crippen LogP) is 4.08. The lowest BCUT2D eigenvalue weighted by Gasteiger charge is -2.36. The van der Waals surface area contributed by atoms with E-state index in [9.17, 15) is 4.79 Å². The first-order chi connectivity index (χ1) is 9.15. The minimum absolute atomic E-state index is 0.0985. The van der Waals surface area contributed by atoms with Crippen LogP contribution >= 0.6 is 12.6 Å². The van der Waals surface area contributed by atoms with E-state index < -0.39 is 8.32 Å². The van der Waals surface area contributed by atoms with Crippen molar-refractivity contribution in [2.45, 2.75) is 45.5 Å². The van der Waals surface area contributed by atoms with Crippen LogP contribution in [0.15, 0.2) is 24.3 Å². The molecule has 0 bridgehead atoms. The molecule has 1 N–H and O–H groups in total. The predicted molar refractivity (Wildman–Crippen MR) is 90.9 cm³/mol. The molecule has 0 atom stereocenters. The molecule has 112 valence electrons. The zero-order chi connectivity index (χ0) is 15.4. The van der Waals surface area contributed by atoms with E-state index in [1.807, 2.05) is 24.3 Å². The van der Waals surface area contributed by atoms with Crippen LogP contribution in [-0.4, -0.2) is 20.0 Å². The molecule has 0 radical (unpaired) electrons. The Morgan fingerprint density at radius 3 is 2.25 bits per heavy atom. The summed E-state index contributed by atoms with van der Waals surface area (Å²) in [5.41, 5.74) is 1.92. The molecule has 1 aromatic rings. The smallest absolute Gasteiger partial charge is 0.234 e. The lowest BCUT2D eigenvalue weighted by molar-refractivity contribution is -0.113. The van der Waals surface area contributed by atoms with Gasteiger partial charge in [0.25, 0.3) is 0 Å². The molecule has 0 aliphatic carbocycles. The van der Waals surface area contributed by atoms with Crippen LogP contribution in [0.3, 0.4) is 0 Å². The maximum absolute atomic E-state index is 11.2. The van der Waals surface area contributed by atoms with E-state index >= 15 is 0 Å². The summed E-state index contributed by atoms with van der Waals surface area (Å²) in [5, 5.41) is 2.98. The van der Waals surface area contributed by atoms with Gasteiger partial charge in [0.05, 0.1) is 12.4 Å². The summed E-state index contributed by atoms with van der Waals surface area (Å²) < 4.78 is 6.16. The van der Waals surface area contributed by atoms with Crippen LogP contribution in [0.5, 0.6) is 0 Å². The van der Waals surface area contributed by atoms with Crippen LogP contribution in [-0.2, 0) is 15.8 Å². The Balaban J connectivity index is 2.60. The number of hydrogen-bond donors (Lipinski definition) is 2. The van der Waals surface area contributed by atoms with Gasteiger partial charge in [-0.05, 0) is 35.8 Å². The van der Waals surface area contributed by atoms with Crippen molar-refractivity contribution < 1.29 is 9.22 Å². The second-order valence-corrected chi connectivity index (χ2v) is 11.6. The number of thiol groups is 1. The number of amides is 1. The molecule has 0 fully saturated rings. The third-order valence-corrected chi connectivity index (χ3v) is 8.55. The molecule has 0 aromatic heterocycles. The zero-order valence-electron chi connectivity index (χ0n) is 13.0. The molecule has 0 aliphatic heterocycles. The first-order valence-corrected chi connectivity index (χ1v) is 10.3. The SMILES string of the molecule is CC(C)(C)[Si](C)(C)OCc1ccc(NC(=O)CS)cc1. The first-order valence-electron chi connectivity index (χ1n) is 6.79. The van der Waals surface area contributed by atoms with Crippen molar-refractivity contribution in [1.29, 1.82) is 0 Å². The van der Waals surface area contributed by atoms with E-state index in [1.165, 1.54) is 0 Å². The largest absolute Gasteiger partial charge is 0.413 e. The average molecular weight is 312 g/mol. The first kappa shape index (κ1) is 17.3. The fraction of sp³-hybridized carbons (Fsp3) is 0.533. The zero-order valence-corrected chi connectivity index (χ0v) is 14.9. The van der Waals surface area contributed by atoms with E-state index in [0.29, 0.717) is 6.61 Å². The van der Waals surface area contributed by atoms with Gasteiger partial charge < -0.3 is 9.74 Å². The maximum Gasteiger partial charge on any atom is 0.234 e. The van der Waals surface area contributed by atoms with Gasteiger partial charge in [-0.2, -0.15) is 12.6 Å². The molecule has 0 saturated carbocycles. The van der Waals surface area contributed by atoms with E-state index in [4.69, 9.17) is 4.43 Å². The highest BCUT2D eigenvalue weighted by atomic mass is 32.1. The van der Waals surface area contributed by atoms with Gasteiger partial charge in [0.2, 0.25) is 5.91 Å². The summed E-state index contributed by atoms with van der Waals surface area (Å²) >= 11 is 3.93. The monoisotopic (exact) mass is 311 g/mol. The molecule has 5 heteroatoms. The molecule has 20 heavy (non-hydrogen) atoms. The minimum atomic E-state index is -1.71. The fourth-order valence-electron chi connectivity index (χ4n) is 1.37. The van der Waals surface area contributed by atoms with Gasteiger partial charge in [-0.15, -0.1) is 0 Å². The maximum atomic E-state index is 11.2. The highest BCUT2D eigenvalue weighted by Gasteiger charge is 2.36. The number of hydrogen-bond acceptors (Lipinski definition) is 3. The second kappa shape index (κ2) is 6.78. The molecular formula is C15H25NO2SSi. The number of rotatable bonds is 5. The van der Waals surface area contributed by atoms with Gasteiger partial charge in [0, 0.05) is 5.69 Å². The number of nitrogens with one attached hydrogen (secondary N) is 1. The molecular weight excluding hydrogens is 286 g/mol. The van der Waals surface area contributed by atoms with Crippen molar-refractivity contribution in [3.8, 4) is 0 Å². The molecule has 1 aromatic carbocycles. The van der Waals surface area contributed by atoms with Gasteiger partial charge in [0.1, 0.15) is 0 Å². The van der Waals surface area contributed by atoms with E-state index in [-0.39, 0.29) is 16.7 Å². The van der Waals surface area contributed by atoms with Crippen molar-refractivity contribution in [2.24, 2.45) is 0 Å².